The average Bonchev–Trinajstić information content (AvgIpc) is 2.96. The third kappa shape index (κ3) is 2.10. The lowest BCUT2D eigenvalue weighted by molar-refractivity contribution is -0.141. The highest BCUT2D eigenvalue weighted by Gasteiger charge is 2.38. The van der Waals surface area contributed by atoms with E-state index in [9.17, 15) is 14.4 Å². The lowest BCUT2D eigenvalue weighted by Crippen LogP contribution is -2.53. The second-order valence-corrected chi connectivity index (χ2v) is 4.99. The molecule has 106 valence electrons. The van der Waals surface area contributed by atoms with E-state index in [0.29, 0.717) is 19.6 Å². The van der Waals surface area contributed by atoms with E-state index in [4.69, 9.17) is 5.11 Å². The highest BCUT2D eigenvalue weighted by atomic mass is 16.4. The van der Waals surface area contributed by atoms with Gasteiger partial charge in [-0.05, 0) is 0 Å². The molecule has 3 heterocycles. The first kappa shape index (κ1) is 12.6. The van der Waals surface area contributed by atoms with Crippen LogP contribution in [0, 0.1) is 5.92 Å². The van der Waals surface area contributed by atoms with Crippen molar-refractivity contribution < 1.29 is 19.5 Å². The van der Waals surface area contributed by atoms with Gasteiger partial charge in [-0.1, -0.05) is 5.21 Å². The molecule has 0 bridgehead atoms. The summed E-state index contributed by atoms with van der Waals surface area (Å²) < 4.78 is 1.46. The highest BCUT2D eigenvalue weighted by Crippen LogP contribution is 2.24. The molecular formula is C11H13N5O4. The van der Waals surface area contributed by atoms with Gasteiger partial charge < -0.3 is 15.3 Å². The molecule has 0 aliphatic carbocycles. The summed E-state index contributed by atoms with van der Waals surface area (Å²) in [6, 6.07) is -0.0513. The van der Waals surface area contributed by atoms with E-state index in [-0.39, 0.29) is 35.9 Å². The van der Waals surface area contributed by atoms with Crippen molar-refractivity contribution in [2.75, 3.05) is 19.6 Å². The number of amides is 2. The van der Waals surface area contributed by atoms with Crippen molar-refractivity contribution >= 4 is 17.8 Å². The maximum Gasteiger partial charge on any atom is 0.358 e. The first-order valence-electron chi connectivity index (χ1n) is 6.25. The van der Waals surface area contributed by atoms with Gasteiger partial charge in [0.1, 0.15) is 0 Å². The zero-order chi connectivity index (χ0) is 14.3. The molecule has 2 amide bonds. The van der Waals surface area contributed by atoms with Gasteiger partial charge in [0.05, 0.1) is 18.2 Å². The monoisotopic (exact) mass is 279 g/mol. The molecule has 1 unspecified atom stereocenters. The molecule has 2 aliphatic rings. The summed E-state index contributed by atoms with van der Waals surface area (Å²) in [6.45, 7) is 1.32. The van der Waals surface area contributed by atoms with Crippen LogP contribution in [-0.4, -0.2) is 62.4 Å². The molecule has 2 saturated heterocycles. The number of aromatic nitrogens is 3. The Hall–Kier alpha value is -2.45. The molecule has 0 spiro atoms. The summed E-state index contributed by atoms with van der Waals surface area (Å²) in [5, 5.41) is 18.7. The van der Waals surface area contributed by atoms with Gasteiger partial charge in [0.2, 0.25) is 11.8 Å². The number of likely N-dealkylation sites (tertiary alicyclic amines) is 1. The maximum atomic E-state index is 12.1. The quantitative estimate of drug-likeness (QED) is 0.695. The van der Waals surface area contributed by atoms with Crippen molar-refractivity contribution in [3.05, 3.63) is 11.9 Å². The third-order valence-corrected chi connectivity index (χ3v) is 3.60. The van der Waals surface area contributed by atoms with Gasteiger partial charge in [-0.25, -0.2) is 9.48 Å². The molecular weight excluding hydrogens is 266 g/mol. The molecule has 1 aromatic heterocycles. The molecule has 9 heteroatoms. The van der Waals surface area contributed by atoms with Crippen molar-refractivity contribution in [3.8, 4) is 0 Å². The van der Waals surface area contributed by atoms with Crippen LogP contribution in [0.3, 0.4) is 0 Å². The van der Waals surface area contributed by atoms with Crippen LogP contribution in [0.1, 0.15) is 23.0 Å². The zero-order valence-corrected chi connectivity index (χ0v) is 10.5. The van der Waals surface area contributed by atoms with Crippen molar-refractivity contribution in [2.24, 2.45) is 5.92 Å². The number of carboxylic acids is 1. The Morgan fingerprint density at radius 1 is 1.40 bits per heavy atom. The summed E-state index contributed by atoms with van der Waals surface area (Å²) in [5.74, 6) is -1.55. The summed E-state index contributed by atoms with van der Waals surface area (Å²) in [4.78, 5) is 35.5. The number of carbonyl (C=O) groups is 3. The first-order valence-corrected chi connectivity index (χ1v) is 6.25. The van der Waals surface area contributed by atoms with E-state index in [1.165, 1.54) is 10.9 Å². The van der Waals surface area contributed by atoms with Gasteiger partial charge in [-0.3, -0.25) is 9.59 Å². The third-order valence-electron chi connectivity index (χ3n) is 3.60. The smallest absolute Gasteiger partial charge is 0.358 e. The summed E-state index contributed by atoms with van der Waals surface area (Å²) in [6.07, 6.45) is 1.60. The molecule has 0 saturated carbocycles. The van der Waals surface area contributed by atoms with Crippen molar-refractivity contribution in [3.63, 3.8) is 0 Å². The zero-order valence-electron chi connectivity index (χ0n) is 10.5. The Bertz CT molecular complexity index is 577. The fourth-order valence-electron chi connectivity index (χ4n) is 2.39. The van der Waals surface area contributed by atoms with Gasteiger partial charge in [-0.15, -0.1) is 5.10 Å². The second kappa shape index (κ2) is 4.58. The molecule has 20 heavy (non-hydrogen) atoms. The Morgan fingerprint density at radius 2 is 2.15 bits per heavy atom. The van der Waals surface area contributed by atoms with E-state index in [1.54, 1.807) is 4.90 Å². The lowest BCUT2D eigenvalue weighted by Gasteiger charge is -2.40. The summed E-state index contributed by atoms with van der Waals surface area (Å²) >= 11 is 0. The number of carboxylic acid groups (broad SMARTS) is 1. The molecule has 1 atom stereocenters. The summed E-state index contributed by atoms with van der Waals surface area (Å²) in [5.41, 5.74) is -0.111. The summed E-state index contributed by atoms with van der Waals surface area (Å²) in [7, 11) is 0. The van der Waals surface area contributed by atoms with Crippen molar-refractivity contribution in [1.29, 1.82) is 0 Å². The van der Waals surface area contributed by atoms with Gasteiger partial charge in [0.25, 0.3) is 0 Å². The molecule has 0 aromatic carbocycles. The Labute approximate surface area is 113 Å². The Balaban J connectivity index is 1.56. The van der Waals surface area contributed by atoms with Crippen LogP contribution in [0.5, 0.6) is 0 Å². The van der Waals surface area contributed by atoms with Crippen LogP contribution in [-0.2, 0) is 9.59 Å². The lowest BCUT2D eigenvalue weighted by atomic mass is 10.0. The predicted molar refractivity (Wildman–Crippen MR) is 63.7 cm³/mol. The standard InChI is InChI=1S/C11H13N5O4/c17-9-1-6(2-12-9)10(18)15-3-7(4-15)16-5-8(11(19)20)13-14-16/h5-7H,1-4H2,(H,12,17)(H,19,20). The molecule has 3 rings (SSSR count). The normalized spacial score (nSPS) is 22.5. The van der Waals surface area contributed by atoms with E-state index in [2.05, 4.69) is 15.6 Å². The topological polar surface area (TPSA) is 117 Å². The Morgan fingerprint density at radius 3 is 2.70 bits per heavy atom. The van der Waals surface area contributed by atoms with E-state index < -0.39 is 5.97 Å². The van der Waals surface area contributed by atoms with Crippen LogP contribution < -0.4 is 5.32 Å². The molecule has 2 N–H and O–H groups in total. The number of nitrogens with zero attached hydrogens (tertiary/aromatic N) is 4. The number of carbonyl (C=O) groups excluding carboxylic acids is 2. The van der Waals surface area contributed by atoms with Crippen LogP contribution in [0.25, 0.3) is 0 Å². The minimum absolute atomic E-state index is 0.0434. The fraction of sp³-hybridized carbons (Fsp3) is 0.545. The van der Waals surface area contributed by atoms with Gasteiger partial charge >= 0.3 is 5.97 Å². The number of rotatable bonds is 3. The molecule has 2 fully saturated rings. The molecule has 1 aromatic rings. The van der Waals surface area contributed by atoms with Gasteiger partial charge in [0, 0.05) is 26.1 Å². The van der Waals surface area contributed by atoms with Crippen LogP contribution in [0.2, 0.25) is 0 Å². The van der Waals surface area contributed by atoms with Gasteiger partial charge in [0.15, 0.2) is 5.69 Å². The Kier molecular flexibility index (Phi) is 2.88. The number of hydrogen-bond donors (Lipinski definition) is 2. The number of hydrogen-bond acceptors (Lipinski definition) is 5. The van der Waals surface area contributed by atoms with Gasteiger partial charge in [-0.2, -0.15) is 0 Å². The van der Waals surface area contributed by atoms with E-state index >= 15 is 0 Å². The molecule has 2 aliphatic heterocycles. The minimum atomic E-state index is -1.13. The SMILES string of the molecule is O=C1CC(C(=O)N2CC(n3cc(C(=O)O)nn3)C2)CN1. The number of nitrogens with one attached hydrogen (secondary N) is 1. The van der Waals surface area contributed by atoms with Crippen LogP contribution in [0.4, 0.5) is 0 Å². The average molecular weight is 279 g/mol. The minimum Gasteiger partial charge on any atom is -0.476 e. The van der Waals surface area contributed by atoms with Crippen LogP contribution in [0.15, 0.2) is 6.20 Å². The number of aromatic carboxylic acids is 1. The van der Waals surface area contributed by atoms with Crippen molar-refractivity contribution in [2.45, 2.75) is 12.5 Å². The van der Waals surface area contributed by atoms with Crippen molar-refractivity contribution in [1.82, 2.24) is 25.2 Å². The largest absolute Gasteiger partial charge is 0.476 e. The highest BCUT2D eigenvalue weighted by molar-refractivity contribution is 5.89. The molecule has 0 radical (unpaired) electrons. The maximum absolute atomic E-state index is 12.1. The van der Waals surface area contributed by atoms with E-state index in [0.717, 1.165) is 0 Å². The second-order valence-electron chi connectivity index (χ2n) is 4.99. The molecule has 9 nitrogen and oxygen atoms in total. The van der Waals surface area contributed by atoms with E-state index in [1.807, 2.05) is 0 Å². The fourth-order valence-corrected chi connectivity index (χ4v) is 2.39. The van der Waals surface area contributed by atoms with Crippen LogP contribution >= 0.6 is 0 Å². The predicted octanol–water partition coefficient (Wildman–Crippen LogP) is -1.50. The first-order chi connectivity index (χ1) is 9.54.